The molecular formula is C6H32O9P2. The fourth-order valence-corrected chi connectivity index (χ4v) is 0. The average molecular weight is 310 g/mol. The predicted octanol–water partition coefficient (Wildman–Crippen LogP) is 1.13. The Morgan fingerprint density at radius 3 is 0.471 bits per heavy atom. The van der Waals surface area contributed by atoms with Crippen molar-refractivity contribution in [2.45, 2.75) is 44.6 Å². The van der Waals surface area contributed by atoms with Gasteiger partial charge in [0.2, 0.25) is 0 Å². The predicted molar refractivity (Wildman–Crippen MR) is 72.5 cm³/mol. The summed E-state index contributed by atoms with van der Waals surface area (Å²) in [5, 5.41) is 0. The molecule has 0 bridgehead atoms. The van der Waals surface area contributed by atoms with Crippen LogP contribution in [-0.2, 0) is 9.13 Å². The van der Waals surface area contributed by atoms with Gasteiger partial charge in [0.25, 0.3) is 0 Å². The van der Waals surface area contributed by atoms with E-state index in [4.69, 9.17) is 38.5 Å². The second-order valence-corrected chi connectivity index (χ2v) is 3.08. The summed E-state index contributed by atoms with van der Waals surface area (Å²) in [6.07, 6.45) is 0. The van der Waals surface area contributed by atoms with Gasteiger partial charge in [0, 0.05) is 0 Å². The van der Waals surface area contributed by atoms with E-state index in [0.29, 0.717) is 0 Å². The minimum atomic E-state index is -4.64. The SMILES string of the molecule is C.C.C.C.C.C.O.O=P(O)(O)O.O=P(O)(O)O. The fraction of sp³-hybridized carbons (Fsp3) is 1.00. The molecule has 0 spiro atoms. The third-order valence-electron chi connectivity index (χ3n) is 0. The average Bonchev–Trinajstić information content (AvgIpc) is 1.12. The van der Waals surface area contributed by atoms with Gasteiger partial charge in [0.15, 0.2) is 0 Å². The molecule has 0 saturated carbocycles. The molecule has 11 heteroatoms. The van der Waals surface area contributed by atoms with Crippen LogP contribution in [0.4, 0.5) is 0 Å². The number of rotatable bonds is 0. The van der Waals surface area contributed by atoms with Gasteiger partial charge in [-0.25, -0.2) is 9.13 Å². The van der Waals surface area contributed by atoms with Crippen molar-refractivity contribution in [2.75, 3.05) is 0 Å². The molecule has 0 atom stereocenters. The molecule has 17 heavy (non-hydrogen) atoms. The standard InChI is InChI=1S/6CH4.2H3O4P.H2O/c;;;;;;2*1-5(2,3)4;/h6*1H4;2*(H3,1,2,3,4);1H2. The van der Waals surface area contributed by atoms with Crippen molar-refractivity contribution in [3.63, 3.8) is 0 Å². The smallest absolute Gasteiger partial charge is 0.412 e. The minimum absolute atomic E-state index is 0. The molecule has 0 aliphatic rings. The van der Waals surface area contributed by atoms with Crippen LogP contribution < -0.4 is 0 Å². The molecule has 0 heterocycles. The number of phosphoric acid groups is 2. The highest BCUT2D eigenvalue weighted by atomic mass is 31.2. The summed E-state index contributed by atoms with van der Waals surface area (Å²) in [5.41, 5.74) is 0. The van der Waals surface area contributed by atoms with Crippen LogP contribution in [0.1, 0.15) is 44.6 Å². The van der Waals surface area contributed by atoms with Gasteiger partial charge in [-0.1, -0.05) is 44.6 Å². The molecule has 8 N–H and O–H groups in total. The Hall–Kier alpha value is 0.180. The first-order valence-electron chi connectivity index (χ1n) is 1.57. The molecule has 0 aromatic carbocycles. The maximum absolute atomic E-state index is 8.88. The van der Waals surface area contributed by atoms with Crippen molar-refractivity contribution < 1.29 is 44.0 Å². The van der Waals surface area contributed by atoms with Crippen LogP contribution in [0.5, 0.6) is 0 Å². The first-order valence-corrected chi connectivity index (χ1v) is 4.70. The van der Waals surface area contributed by atoms with Crippen LogP contribution in [-0.4, -0.2) is 34.8 Å². The van der Waals surface area contributed by atoms with Crippen LogP contribution in [0.3, 0.4) is 0 Å². The molecule has 0 amide bonds. The van der Waals surface area contributed by atoms with E-state index in [1.165, 1.54) is 0 Å². The molecule has 0 unspecified atom stereocenters. The third-order valence-corrected chi connectivity index (χ3v) is 0. The third kappa shape index (κ3) is 100000. The van der Waals surface area contributed by atoms with E-state index >= 15 is 0 Å². The topological polar surface area (TPSA) is 187 Å². The minimum Gasteiger partial charge on any atom is -0.412 e. The molecule has 0 fully saturated rings. The monoisotopic (exact) mass is 310 g/mol. The van der Waals surface area contributed by atoms with Gasteiger partial charge in [-0.3, -0.25) is 0 Å². The zero-order valence-corrected chi connectivity index (χ0v) is 6.68. The lowest BCUT2D eigenvalue weighted by Gasteiger charge is -1.82. The quantitative estimate of drug-likeness (QED) is 0.359. The van der Waals surface area contributed by atoms with Gasteiger partial charge < -0.3 is 34.8 Å². The summed E-state index contributed by atoms with van der Waals surface area (Å²) >= 11 is 0. The Balaban J connectivity index is -0.00000000762. The van der Waals surface area contributed by atoms with Crippen molar-refractivity contribution in [3.05, 3.63) is 0 Å². The van der Waals surface area contributed by atoms with E-state index in [1.807, 2.05) is 0 Å². The molecule has 120 valence electrons. The van der Waals surface area contributed by atoms with Crippen molar-refractivity contribution in [1.29, 1.82) is 0 Å². The molecule has 0 aliphatic heterocycles. The van der Waals surface area contributed by atoms with Gasteiger partial charge in [0.05, 0.1) is 0 Å². The second-order valence-electron chi connectivity index (χ2n) is 1.03. The van der Waals surface area contributed by atoms with Crippen molar-refractivity contribution >= 4 is 15.6 Å². The van der Waals surface area contributed by atoms with Crippen LogP contribution >= 0.6 is 15.6 Å². The highest BCUT2D eigenvalue weighted by Crippen LogP contribution is 2.26. The van der Waals surface area contributed by atoms with Crippen molar-refractivity contribution in [2.24, 2.45) is 0 Å². The molecule has 0 aliphatic carbocycles. The molecule has 9 nitrogen and oxygen atoms in total. The number of hydrogen-bond acceptors (Lipinski definition) is 2. The van der Waals surface area contributed by atoms with Gasteiger partial charge >= 0.3 is 15.6 Å². The van der Waals surface area contributed by atoms with Crippen molar-refractivity contribution in [1.82, 2.24) is 0 Å². The van der Waals surface area contributed by atoms with Gasteiger partial charge in [-0.15, -0.1) is 0 Å². The van der Waals surface area contributed by atoms with Crippen LogP contribution in [0.15, 0.2) is 0 Å². The Kier molecular flexibility index (Phi) is 99.4. The normalized spacial score (nSPS) is 6.94. The van der Waals surface area contributed by atoms with Crippen LogP contribution in [0.2, 0.25) is 0 Å². The lowest BCUT2D eigenvalue weighted by molar-refractivity contribution is 0.272. The van der Waals surface area contributed by atoms with Crippen LogP contribution in [0, 0.1) is 0 Å². The van der Waals surface area contributed by atoms with Crippen molar-refractivity contribution in [3.8, 4) is 0 Å². The fourth-order valence-electron chi connectivity index (χ4n) is 0. The summed E-state index contributed by atoms with van der Waals surface area (Å²) in [6.45, 7) is 0. The first kappa shape index (κ1) is 67.2. The Morgan fingerprint density at radius 1 is 0.471 bits per heavy atom. The summed E-state index contributed by atoms with van der Waals surface area (Å²) in [4.78, 5) is 43.1. The molecule has 0 aromatic heterocycles. The summed E-state index contributed by atoms with van der Waals surface area (Å²) in [6, 6.07) is 0. The van der Waals surface area contributed by atoms with Gasteiger partial charge in [-0.2, -0.15) is 0 Å². The summed E-state index contributed by atoms with van der Waals surface area (Å²) < 4.78 is 17.8. The van der Waals surface area contributed by atoms with E-state index in [1.54, 1.807) is 0 Å². The van der Waals surface area contributed by atoms with E-state index in [2.05, 4.69) is 0 Å². The molecule has 0 radical (unpaired) electrons. The zero-order chi connectivity index (χ0) is 9.00. The van der Waals surface area contributed by atoms with E-state index < -0.39 is 15.6 Å². The highest BCUT2D eigenvalue weighted by Gasteiger charge is 2.00. The Bertz CT molecular complexity index is 136. The Labute approximate surface area is 105 Å². The first-order chi connectivity index (χ1) is 4.00. The molecular weight excluding hydrogens is 278 g/mol. The summed E-state index contributed by atoms with van der Waals surface area (Å²) in [5.74, 6) is 0. The van der Waals surface area contributed by atoms with E-state index in [9.17, 15) is 0 Å². The molecule has 0 rings (SSSR count). The lowest BCUT2D eigenvalue weighted by Crippen LogP contribution is -1.66. The van der Waals surface area contributed by atoms with Gasteiger partial charge in [0.1, 0.15) is 0 Å². The number of hydrogen-bond donors (Lipinski definition) is 6. The summed E-state index contributed by atoms with van der Waals surface area (Å²) in [7, 11) is -9.28. The molecule has 0 saturated heterocycles. The molecule has 0 aromatic rings. The van der Waals surface area contributed by atoms with E-state index in [0.717, 1.165) is 0 Å². The van der Waals surface area contributed by atoms with Gasteiger partial charge in [-0.05, 0) is 0 Å². The maximum Gasteiger partial charge on any atom is 0.466 e. The van der Waals surface area contributed by atoms with E-state index in [-0.39, 0.29) is 50.0 Å². The zero-order valence-electron chi connectivity index (χ0n) is 4.89. The lowest BCUT2D eigenvalue weighted by atomic mass is 12.0. The highest BCUT2D eigenvalue weighted by molar-refractivity contribution is 7.45. The maximum atomic E-state index is 8.88. The van der Waals surface area contributed by atoms with Crippen LogP contribution in [0.25, 0.3) is 0 Å². The second kappa shape index (κ2) is 25.1. The Morgan fingerprint density at radius 2 is 0.471 bits per heavy atom. The largest absolute Gasteiger partial charge is 0.466 e.